The van der Waals surface area contributed by atoms with E-state index in [0.717, 1.165) is 5.75 Å². The van der Waals surface area contributed by atoms with Crippen LogP contribution in [0.1, 0.15) is 0 Å². The highest BCUT2D eigenvalue weighted by Crippen LogP contribution is 2.24. The van der Waals surface area contributed by atoms with Crippen molar-refractivity contribution in [3.05, 3.63) is 5.21 Å². The summed E-state index contributed by atoms with van der Waals surface area (Å²) in [5.41, 5.74) is -0.404. The lowest BCUT2D eigenvalue weighted by Gasteiger charge is -2.20. The Morgan fingerprint density at radius 2 is 2.50 bits per heavy atom. The van der Waals surface area contributed by atoms with Gasteiger partial charge in [-0.05, 0) is 22.6 Å². The van der Waals surface area contributed by atoms with E-state index in [9.17, 15) is 5.21 Å². The van der Waals surface area contributed by atoms with E-state index in [1.807, 2.05) is 0 Å². The van der Waals surface area contributed by atoms with Crippen LogP contribution in [0, 0.1) is 5.21 Å². The van der Waals surface area contributed by atoms with Gasteiger partial charge in [0.25, 0.3) is 5.56 Å². The Morgan fingerprint density at radius 1 is 1.80 bits per heavy atom. The van der Waals surface area contributed by atoms with Crippen molar-refractivity contribution >= 4 is 57.4 Å². The van der Waals surface area contributed by atoms with Crippen LogP contribution in [0.4, 0.5) is 0 Å². The van der Waals surface area contributed by atoms with Gasteiger partial charge in [0.1, 0.15) is 4.11 Å². The normalized spacial score (nSPS) is 36.3. The fourth-order valence-corrected chi connectivity index (χ4v) is 2.86. The molecule has 0 spiro atoms. The highest BCUT2D eigenvalue weighted by atomic mass is 127. The molecule has 1 rings (SSSR count). The van der Waals surface area contributed by atoms with E-state index >= 15 is 0 Å². The highest BCUT2D eigenvalue weighted by Gasteiger charge is 2.29. The molecule has 0 radical (unpaired) electrons. The van der Waals surface area contributed by atoms with Gasteiger partial charge in [-0.2, -0.15) is 5.23 Å². The number of nitrogens with one attached hydrogen (secondary N) is 1. The monoisotopic (exact) mass is 389 g/mol. The molecule has 1 unspecified atom stereocenters. The molecule has 1 saturated heterocycles. The molecular weight excluding hydrogens is 384 g/mol. The van der Waals surface area contributed by atoms with Crippen molar-refractivity contribution in [3.63, 3.8) is 0 Å². The maximum atomic E-state index is 10.8. The summed E-state index contributed by atoms with van der Waals surface area (Å²) in [6.45, 7) is 0. The predicted octanol–water partition coefficient (Wildman–Crippen LogP) is 0.459. The second-order valence-corrected chi connectivity index (χ2v) is 4.53. The number of hydrogen-bond acceptors (Lipinski definition) is 4. The molecule has 1 N–H and O–H groups in total. The fraction of sp³-hybridized carbons (Fsp3) is 1.00. The summed E-state index contributed by atoms with van der Waals surface area (Å²) in [6.07, 6.45) is 0. The molecule has 0 saturated carbocycles. The molecular formula is C3H5I2NO3S. The number of rotatable bonds is 2. The zero-order valence-electron chi connectivity index (χ0n) is 4.75. The first-order valence-corrected chi connectivity index (χ1v) is 5.65. The Kier molecular flexibility index (Phi) is 4.50. The molecule has 7 heteroatoms. The van der Waals surface area contributed by atoms with E-state index < -0.39 is 5.56 Å². The second-order valence-electron chi connectivity index (χ2n) is 1.61. The number of quaternary nitrogens is 1. The van der Waals surface area contributed by atoms with Crippen LogP contribution in [0.5, 0.6) is 0 Å². The topological polar surface area (TPSA) is 46.0 Å². The molecule has 4 nitrogen and oxygen atoms in total. The minimum atomic E-state index is -0.404. The van der Waals surface area contributed by atoms with Gasteiger partial charge in [0, 0.05) is 5.75 Å². The summed E-state index contributed by atoms with van der Waals surface area (Å²) in [7, 11) is 0. The third kappa shape index (κ3) is 2.60. The number of halogens is 2. The Morgan fingerprint density at radius 3 is 2.90 bits per heavy atom. The molecule has 0 amide bonds. The van der Waals surface area contributed by atoms with Crippen LogP contribution in [0.2, 0.25) is 0 Å². The van der Waals surface area contributed by atoms with Gasteiger partial charge < -0.3 is 9.94 Å². The van der Waals surface area contributed by atoms with E-state index in [-0.39, 0.29) is 9.34 Å². The molecule has 10 heavy (non-hydrogen) atoms. The maximum absolute atomic E-state index is 10.8. The molecule has 0 bridgehead atoms. The van der Waals surface area contributed by atoms with Gasteiger partial charge in [0.2, 0.25) is 0 Å². The number of hydroxylamine groups is 2. The SMILES string of the molecule is [O-][NH+](OI)[C@@H]1O[C@H](I)CS1. The Balaban J connectivity index is 2.29. The van der Waals surface area contributed by atoms with Gasteiger partial charge in [-0.3, -0.25) is 0 Å². The molecule has 0 aromatic carbocycles. The zero-order valence-corrected chi connectivity index (χ0v) is 9.88. The largest absolute Gasteiger partial charge is 0.596 e. The molecule has 60 valence electrons. The van der Waals surface area contributed by atoms with Gasteiger partial charge in [-0.15, -0.1) is 3.17 Å². The predicted molar refractivity (Wildman–Crippen MR) is 54.6 cm³/mol. The van der Waals surface area contributed by atoms with Gasteiger partial charge >= 0.3 is 0 Å². The lowest BCUT2D eigenvalue weighted by Crippen LogP contribution is -3.08. The lowest BCUT2D eigenvalue weighted by molar-refractivity contribution is -1.03. The van der Waals surface area contributed by atoms with E-state index in [1.54, 1.807) is 23.0 Å². The molecule has 0 aromatic heterocycles. The minimum Gasteiger partial charge on any atom is -0.596 e. The van der Waals surface area contributed by atoms with Gasteiger partial charge in [-0.1, -0.05) is 11.8 Å². The Bertz CT molecular complexity index is 118. The second kappa shape index (κ2) is 4.62. The molecule has 0 aromatic rings. The van der Waals surface area contributed by atoms with Crippen molar-refractivity contribution in [1.29, 1.82) is 0 Å². The summed E-state index contributed by atoms with van der Waals surface area (Å²) in [6, 6.07) is 0. The van der Waals surface area contributed by atoms with Crippen LogP contribution in [-0.2, 0) is 7.90 Å². The van der Waals surface area contributed by atoms with Crippen LogP contribution in [-0.4, -0.2) is 15.4 Å². The smallest absolute Gasteiger partial charge is 0.273 e. The maximum Gasteiger partial charge on any atom is 0.273 e. The van der Waals surface area contributed by atoms with Crippen molar-refractivity contribution < 1.29 is 13.1 Å². The summed E-state index contributed by atoms with van der Waals surface area (Å²) in [4.78, 5) is 0. The molecule has 0 aliphatic carbocycles. The average Bonchev–Trinajstić information content (AvgIpc) is 2.34. The van der Waals surface area contributed by atoms with Crippen molar-refractivity contribution in [1.82, 2.24) is 0 Å². The molecule has 1 heterocycles. The Labute approximate surface area is 90.4 Å². The van der Waals surface area contributed by atoms with Crippen molar-refractivity contribution in [2.45, 2.75) is 9.67 Å². The lowest BCUT2D eigenvalue weighted by atomic mass is 10.9. The minimum absolute atomic E-state index is 0.142. The van der Waals surface area contributed by atoms with Crippen LogP contribution in [0.3, 0.4) is 0 Å². The van der Waals surface area contributed by atoms with Crippen molar-refractivity contribution in [3.8, 4) is 0 Å². The van der Waals surface area contributed by atoms with E-state index in [1.165, 1.54) is 11.8 Å². The van der Waals surface area contributed by atoms with Gasteiger partial charge in [-0.25, -0.2) is 0 Å². The molecule has 1 fully saturated rings. The van der Waals surface area contributed by atoms with Crippen molar-refractivity contribution in [2.75, 3.05) is 5.75 Å². The third-order valence-electron chi connectivity index (χ3n) is 0.918. The van der Waals surface area contributed by atoms with Crippen LogP contribution >= 0.6 is 57.4 Å². The van der Waals surface area contributed by atoms with Gasteiger partial charge in [0.05, 0.1) is 0 Å². The number of thioether (sulfide) groups is 1. The van der Waals surface area contributed by atoms with Gasteiger partial charge in [0.15, 0.2) is 23.0 Å². The first-order valence-electron chi connectivity index (χ1n) is 2.47. The van der Waals surface area contributed by atoms with Crippen LogP contribution in [0.15, 0.2) is 0 Å². The van der Waals surface area contributed by atoms with Crippen LogP contribution < -0.4 is 5.23 Å². The van der Waals surface area contributed by atoms with E-state index in [4.69, 9.17) is 4.74 Å². The van der Waals surface area contributed by atoms with Crippen LogP contribution in [0.25, 0.3) is 0 Å². The van der Waals surface area contributed by atoms with Crippen molar-refractivity contribution in [2.24, 2.45) is 0 Å². The third-order valence-corrected chi connectivity index (χ3v) is 3.79. The molecule has 1 aliphatic heterocycles. The summed E-state index contributed by atoms with van der Waals surface area (Å²) in [5.74, 6) is 0.858. The highest BCUT2D eigenvalue weighted by molar-refractivity contribution is 14.1. The Hall–Kier alpha value is 1.65. The number of alkyl halides is 1. The van der Waals surface area contributed by atoms with E-state index in [0.29, 0.717) is 0 Å². The standard InChI is InChI=1S/C3H5I2NO3S/c4-2-1-10-3(8-2)6(7)9-5/h2-3,6H,1H2/t2-,3+/m0/s1. The summed E-state index contributed by atoms with van der Waals surface area (Å²) >= 11 is 5.18. The summed E-state index contributed by atoms with van der Waals surface area (Å²) in [5, 5.41) is 10.5. The summed E-state index contributed by atoms with van der Waals surface area (Å²) < 4.78 is 9.79. The van der Waals surface area contributed by atoms with E-state index in [2.05, 4.69) is 25.8 Å². The first kappa shape index (κ1) is 9.74. The molecule has 3 atom stereocenters. The fourth-order valence-electron chi connectivity index (χ4n) is 0.536. The quantitative estimate of drug-likeness (QED) is 0.424. The molecule has 1 aliphatic rings. The number of hydrogen-bond donors (Lipinski definition) is 1. The zero-order chi connectivity index (χ0) is 7.56. The number of ether oxygens (including phenoxy) is 1. The first-order chi connectivity index (χ1) is 4.74. The average molecular weight is 389 g/mol.